The van der Waals surface area contributed by atoms with Crippen LogP contribution in [0.3, 0.4) is 0 Å². The molecule has 3 N–H and O–H groups in total. The van der Waals surface area contributed by atoms with Gasteiger partial charge in [0.25, 0.3) is 0 Å². The summed E-state index contributed by atoms with van der Waals surface area (Å²) < 4.78 is 0. The number of aryl methyl sites for hydroxylation is 2. The first-order chi connectivity index (χ1) is 8.81. The molecule has 0 spiro atoms. The molecular weight excluding hydrogens is 240 g/mol. The van der Waals surface area contributed by atoms with Crippen LogP contribution in [-0.2, 0) is 6.42 Å². The zero-order valence-corrected chi connectivity index (χ0v) is 11.5. The van der Waals surface area contributed by atoms with Crippen LogP contribution in [0.2, 0.25) is 0 Å². The summed E-state index contributed by atoms with van der Waals surface area (Å²) in [6.07, 6.45) is 3.33. The Balaban J connectivity index is 1.87. The van der Waals surface area contributed by atoms with Gasteiger partial charge >= 0.3 is 0 Å². The minimum Gasteiger partial charge on any atom is -0.271 e. The van der Waals surface area contributed by atoms with Crippen LogP contribution < -0.4 is 11.3 Å². The molecule has 1 heterocycles. The van der Waals surface area contributed by atoms with E-state index >= 15 is 0 Å². The summed E-state index contributed by atoms with van der Waals surface area (Å²) in [6, 6.07) is 13.1. The maximum absolute atomic E-state index is 5.67. The highest BCUT2D eigenvalue weighted by Crippen LogP contribution is 2.25. The molecule has 1 aromatic carbocycles. The lowest BCUT2D eigenvalue weighted by atomic mass is 10.0. The van der Waals surface area contributed by atoms with Crippen molar-refractivity contribution in [2.24, 2.45) is 5.84 Å². The van der Waals surface area contributed by atoms with Crippen molar-refractivity contribution < 1.29 is 0 Å². The molecule has 0 saturated carbocycles. The van der Waals surface area contributed by atoms with E-state index in [0.717, 1.165) is 19.3 Å². The standard InChI is InChI=1S/C15H20N2S/c1-12-14(10-11-18-12)15(17-16)9-5-8-13-6-3-2-4-7-13/h2-4,6-7,10-11,15,17H,5,8-9,16H2,1H3. The molecule has 2 rings (SSSR count). The Labute approximate surface area is 113 Å². The van der Waals surface area contributed by atoms with Gasteiger partial charge in [0, 0.05) is 10.9 Å². The fourth-order valence-electron chi connectivity index (χ4n) is 2.24. The smallest absolute Gasteiger partial charge is 0.0471 e. The summed E-state index contributed by atoms with van der Waals surface area (Å²) in [7, 11) is 0. The summed E-state index contributed by atoms with van der Waals surface area (Å²) >= 11 is 1.78. The second-order valence-corrected chi connectivity index (χ2v) is 5.65. The van der Waals surface area contributed by atoms with Gasteiger partial charge in [-0.1, -0.05) is 30.3 Å². The van der Waals surface area contributed by atoms with E-state index in [-0.39, 0.29) is 6.04 Å². The predicted octanol–water partition coefficient (Wildman–Crippen LogP) is 3.58. The summed E-state index contributed by atoms with van der Waals surface area (Å²) in [5, 5.41) is 2.13. The number of nitrogens with one attached hydrogen (secondary N) is 1. The first-order valence-corrected chi connectivity index (χ1v) is 7.23. The van der Waals surface area contributed by atoms with Crippen LogP contribution in [0, 0.1) is 6.92 Å². The normalized spacial score (nSPS) is 12.6. The lowest BCUT2D eigenvalue weighted by Crippen LogP contribution is -2.28. The Morgan fingerprint density at radius 2 is 2.00 bits per heavy atom. The number of benzene rings is 1. The maximum atomic E-state index is 5.67. The van der Waals surface area contributed by atoms with Gasteiger partial charge in [0.1, 0.15) is 0 Å². The molecule has 1 aromatic heterocycles. The molecule has 0 bridgehead atoms. The molecule has 2 aromatic rings. The van der Waals surface area contributed by atoms with Gasteiger partial charge in [0.05, 0.1) is 0 Å². The number of rotatable bonds is 6. The topological polar surface area (TPSA) is 38.0 Å². The minimum atomic E-state index is 0.278. The van der Waals surface area contributed by atoms with Crippen LogP contribution in [0.1, 0.15) is 34.9 Å². The molecule has 0 aliphatic heterocycles. The van der Waals surface area contributed by atoms with Crippen LogP contribution in [0.25, 0.3) is 0 Å². The van der Waals surface area contributed by atoms with Crippen LogP contribution in [0.4, 0.5) is 0 Å². The third-order valence-corrected chi connectivity index (χ3v) is 4.14. The highest BCUT2D eigenvalue weighted by Gasteiger charge is 2.12. The molecule has 0 aliphatic rings. The van der Waals surface area contributed by atoms with Gasteiger partial charge in [0.2, 0.25) is 0 Å². The molecule has 0 amide bonds. The lowest BCUT2D eigenvalue weighted by Gasteiger charge is -2.15. The zero-order valence-electron chi connectivity index (χ0n) is 10.7. The van der Waals surface area contributed by atoms with Gasteiger partial charge in [-0.2, -0.15) is 0 Å². The average Bonchev–Trinajstić information content (AvgIpc) is 2.82. The van der Waals surface area contributed by atoms with Gasteiger partial charge in [-0.15, -0.1) is 11.3 Å². The highest BCUT2D eigenvalue weighted by atomic mass is 32.1. The van der Waals surface area contributed by atoms with Gasteiger partial charge in [0.15, 0.2) is 0 Å². The molecular formula is C15H20N2S. The summed E-state index contributed by atoms with van der Waals surface area (Å²) in [4.78, 5) is 1.36. The first-order valence-electron chi connectivity index (χ1n) is 6.35. The molecule has 2 nitrogen and oxygen atoms in total. The number of hydrazine groups is 1. The van der Waals surface area contributed by atoms with Crippen LogP contribution >= 0.6 is 11.3 Å². The summed E-state index contributed by atoms with van der Waals surface area (Å²) in [6.45, 7) is 2.15. The quantitative estimate of drug-likeness (QED) is 0.615. The van der Waals surface area contributed by atoms with Crippen molar-refractivity contribution in [3.63, 3.8) is 0 Å². The van der Waals surface area contributed by atoms with E-state index in [1.54, 1.807) is 11.3 Å². The minimum absolute atomic E-state index is 0.278. The van der Waals surface area contributed by atoms with E-state index in [1.807, 2.05) is 0 Å². The molecule has 96 valence electrons. The fourth-order valence-corrected chi connectivity index (χ4v) is 3.01. The van der Waals surface area contributed by atoms with Crippen molar-refractivity contribution in [1.82, 2.24) is 5.43 Å². The molecule has 1 unspecified atom stereocenters. The van der Waals surface area contributed by atoms with Crippen molar-refractivity contribution in [2.45, 2.75) is 32.2 Å². The van der Waals surface area contributed by atoms with E-state index in [9.17, 15) is 0 Å². The molecule has 0 fully saturated rings. The fraction of sp³-hybridized carbons (Fsp3) is 0.333. The average molecular weight is 260 g/mol. The summed E-state index contributed by atoms with van der Waals surface area (Å²) in [5.41, 5.74) is 5.68. The van der Waals surface area contributed by atoms with Crippen LogP contribution in [0.5, 0.6) is 0 Å². The van der Waals surface area contributed by atoms with Gasteiger partial charge in [-0.25, -0.2) is 0 Å². The molecule has 1 atom stereocenters. The number of hydrogen-bond acceptors (Lipinski definition) is 3. The van der Waals surface area contributed by atoms with Crippen molar-refractivity contribution >= 4 is 11.3 Å². The van der Waals surface area contributed by atoms with Crippen molar-refractivity contribution in [3.05, 3.63) is 57.8 Å². The van der Waals surface area contributed by atoms with Gasteiger partial charge in [-0.3, -0.25) is 11.3 Å². The SMILES string of the molecule is Cc1sccc1C(CCCc1ccccc1)NN. The Bertz CT molecular complexity index is 464. The van der Waals surface area contributed by atoms with Gasteiger partial charge in [-0.05, 0) is 48.8 Å². The second-order valence-electron chi connectivity index (χ2n) is 4.53. The molecule has 0 aliphatic carbocycles. The highest BCUT2D eigenvalue weighted by molar-refractivity contribution is 7.10. The number of thiophene rings is 1. The Morgan fingerprint density at radius 3 is 2.61 bits per heavy atom. The van der Waals surface area contributed by atoms with E-state index in [2.05, 4.69) is 54.1 Å². The first kappa shape index (κ1) is 13.3. The lowest BCUT2D eigenvalue weighted by molar-refractivity contribution is 0.498. The monoisotopic (exact) mass is 260 g/mol. The maximum Gasteiger partial charge on any atom is 0.0471 e. The van der Waals surface area contributed by atoms with Crippen LogP contribution in [0.15, 0.2) is 41.8 Å². The van der Waals surface area contributed by atoms with Crippen LogP contribution in [-0.4, -0.2) is 0 Å². The summed E-state index contributed by atoms with van der Waals surface area (Å²) in [5.74, 6) is 5.67. The van der Waals surface area contributed by atoms with Crippen molar-refractivity contribution in [3.8, 4) is 0 Å². The number of hydrogen-bond donors (Lipinski definition) is 2. The van der Waals surface area contributed by atoms with Crippen molar-refractivity contribution in [2.75, 3.05) is 0 Å². The Kier molecular flexibility index (Phi) is 4.93. The number of nitrogens with two attached hydrogens (primary N) is 1. The molecule has 0 saturated heterocycles. The zero-order chi connectivity index (χ0) is 12.8. The largest absolute Gasteiger partial charge is 0.271 e. The Morgan fingerprint density at radius 1 is 1.22 bits per heavy atom. The van der Waals surface area contributed by atoms with E-state index < -0.39 is 0 Å². The van der Waals surface area contributed by atoms with E-state index in [1.165, 1.54) is 16.0 Å². The Hall–Kier alpha value is -1.16. The van der Waals surface area contributed by atoms with Gasteiger partial charge < -0.3 is 0 Å². The molecule has 18 heavy (non-hydrogen) atoms. The van der Waals surface area contributed by atoms with E-state index in [4.69, 9.17) is 5.84 Å². The molecule has 0 radical (unpaired) electrons. The third-order valence-electron chi connectivity index (χ3n) is 3.28. The van der Waals surface area contributed by atoms with Crippen molar-refractivity contribution in [1.29, 1.82) is 0 Å². The third kappa shape index (κ3) is 3.42. The second kappa shape index (κ2) is 6.69. The predicted molar refractivity (Wildman–Crippen MR) is 78.5 cm³/mol. The molecule has 3 heteroatoms. The van der Waals surface area contributed by atoms with E-state index in [0.29, 0.717) is 0 Å².